The topological polar surface area (TPSA) is 59.6 Å². The molecule has 0 atom stereocenters. The van der Waals surface area contributed by atoms with Crippen molar-refractivity contribution in [1.82, 2.24) is 18.9 Å². The van der Waals surface area contributed by atoms with Gasteiger partial charge in [-0.3, -0.25) is 14.0 Å². The second kappa shape index (κ2) is 6.88. The van der Waals surface area contributed by atoms with Crippen molar-refractivity contribution in [3.63, 3.8) is 0 Å². The second-order valence-electron chi connectivity index (χ2n) is 7.69. The number of carbonyl (C=O) groups excluding carboxylic acids is 1. The van der Waals surface area contributed by atoms with Gasteiger partial charge in [0.25, 0.3) is 11.5 Å². The molecule has 0 bridgehead atoms. The molecule has 4 heterocycles. The molecular formula is C23H22N4O2. The Labute approximate surface area is 168 Å². The molecule has 3 aromatic heterocycles. The van der Waals surface area contributed by atoms with Crippen LogP contribution in [0.1, 0.15) is 34.5 Å². The van der Waals surface area contributed by atoms with Gasteiger partial charge in [-0.05, 0) is 43.0 Å². The normalized spacial score (nSPS) is 14.2. The second-order valence-corrected chi connectivity index (χ2v) is 7.69. The van der Waals surface area contributed by atoms with E-state index in [0.29, 0.717) is 28.9 Å². The van der Waals surface area contributed by atoms with E-state index in [1.807, 2.05) is 58.9 Å². The van der Waals surface area contributed by atoms with Gasteiger partial charge in [0.2, 0.25) is 0 Å². The molecule has 6 heteroatoms. The van der Waals surface area contributed by atoms with Crippen LogP contribution in [0.4, 0.5) is 0 Å². The molecule has 146 valence electrons. The quantitative estimate of drug-likeness (QED) is 0.543. The van der Waals surface area contributed by atoms with Crippen molar-refractivity contribution in [3.8, 4) is 0 Å². The Morgan fingerprint density at radius 1 is 1.07 bits per heavy atom. The van der Waals surface area contributed by atoms with E-state index in [-0.39, 0.29) is 11.5 Å². The highest BCUT2D eigenvalue weighted by Gasteiger charge is 2.25. The predicted octanol–water partition coefficient (Wildman–Crippen LogP) is 3.24. The molecule has 5 rings (SSSR count). The van der Waals surface area contributed by atoms with Crippen molar-refractivity contribution in [3.05, 3.63) is 81.9 Å². The molecule has 0 radical (unpaired) electrons. The zero-order chi connectivity index (χ0) is 20.0. The van der Waals surface area contributed by atoms with Crippen LogP contribution in [-0.4, -0.2) is 37.8 Å². The summed E-state index contributed by atoms with van der Waals surface area (Å²) in [5.41, 5.74) is 3.58. The van der Waals surface area contributed by atoms with E-state index in [1.165, 1.54) is 0 Å². The average molecular weight is 386 g/mol. The number of rotatable bonds is 3. The van der Waals surface area contributed by atoms with Gasteiger partial charge in [-0.1, -0.05) is 36.4 Å². The van der Waals surface area contributed by atoms with E-state index in [2.05, 4.69) is 0 Å². The molecule has 1 fully saturated rings. The number of benzene rings is 1. The van der Waals surface area contributed by atoms with Gasteiger partial charge in [-0.2, -0.15) is 0 Å². The van der Waals surface area contributed by atoms with Crippen LogP contribution in [0, 0.1) is 6.92 Å². The van der Waals surface area contributed by atoms with Gasteiger partial charge in [-0.25, -0.2) is 4.98 Å². The number of likely N-dealkylation sites (tertiary alicyclic amines) is 1. The molecular weight excluding hydrogens is 364 g/mol. The summed E-state index contributed by atoms with van der Waals surface area (Å²) in [7, 11) is 0. The summed E-state index contributed by atoms with van der Waals surface area (Å²) >= 11 is 0. The van der Waals surface area contributed by atoms with Crippen LogP contribution in [0.2, 0.25) is 0 Å². The first-order chi connectivity index (χ1) is 14.1. The lowest BCUT2D eigenvalue weighted by molar-refractivity contribution is 0.0783. The zero-order valence-corrected chi connectivity index (χ0v) is 16.3. The van der Waals surface area contributed by atoms with E-state index in [9.17, 15) is 9.59 Å². The maximum atomic E-state index is 13.3. The van der Waals surface area contributed by atoms with Gasteiger partial charge in [-0.15, -0.1) is 0 Å². The Morgan fingerprint density at radius 3 is 2.59 bits per heavy atom. The van der Waals surface area contributed by atoms with Crippen molar-refractivity contribution in [2.75, 3.05) is 13.1 Å². The molecule has 4 aromatic rings. The van der Waals surface area contributed by atoms with Crippen molar-refractivity contribution in [2.24, 2.45) is 0 Å². The number of carbonyl (C=O) groups is 1. The van der Waals surface area contributed by atoms with Gasteiger partial charge in [0.05, 0.1) is 5.39 Å². The minimum atomic E-state index is -0.143. The minimum absolute atomic E-state index is 0.0268. The molecule has 1 aliphatic rings. The molecule has 0 N–H and O–H groups in total. The smallest absolute Gasteiger partial charge is 0.270 e. The maximum absolute atomic E-state index is 13.3. The van der Waals surface area contributed by atoms with Gasteiger partial charge >= 0.3 is 0 Å². The molecule has 1 amide bonds. The van der Waals surface area contributed by atoms with Crippen molar-refractivity contribution in [1.29, 1.82) is 0 Å². The average Bonchev–Trinajstić information content (AvgIpc) is 3.38. The van der Waals surface area contributed by atoms with E-state index in [0.717, 1.165) is 37.1 Å². The highest BCUT2D eigenvalue weighted by atomic mass is 16.2. The number of nitrogens with zero attached hydrogens (tertiary/aromatic N) is 4. The summed E-state index contributed by atoms with van der Waals surface area (Å²) in [4.78, 5) is 33.1. The highest BCUT2D eigenvalue weighted by molar-refractivity contribution is 5.98. The first kappa shape index (κ1) is 17.7. The lowest BCUT2D eigenvalue weighted by Gasteiger charge is -2.17. The SMILES string of the molecule is Cc1ccc2nc3c(cc(C(=O)N4CCCC4)n3Cc3ccccc3)c(=O)n2c1. The third-order valence-electron chi connectivity index (χ3n) is 5.61. The number of pyridine rings is 1. The Hall–Kier alpha value is -3.41. The molecule has 1 aliphatic heterocycles. The van der Waals surface area contributed by atoms with Gasteiger partial charge in [0.15, 0.2) is 0 Å². The standard InChI is InChI=1S/C23H22N4O2/c1-16-9-10-20-24-21-18(22(28)27(20)14-16)13-19(23(29)25-11-5-6-12-25)26(21)15-17-7-3-2-4-8-17/h2-4,7-10,13-14H,5-6,11-12,15H2,1H3. The number of fused-ring (bicyclic) bond motifs is 2. The largest absolute Gasteiger partial charge is 0.337 e. The van der Waals surface area contributed by atoms with Crippen LogP contribution >= 0.6 is 0 Å². The minimum Gasteiger partial charge on any atom is -0.337 e. The number of hydrogen-bond acceptors (Lipinski definition) is 3. The fraction of sp³-hybridized carbons (Fsp3) is 0.261. The molecule has 0 spiro atoms. The van der Waals surface area contributed by atoms with Gasteiger partial charge in [0, 0.05) is 25.8 Å². The summed E-state index contributed by atoms with van der Waals surface area (Å²) in [5, 5.41) is 0.478. The summed E-state index contributed by atoms with van der Waals surface area (Å²) in [6, 6.07) is 15.5. The van der Waals surface area contributed by atoms with Crippen LogP contribution in [0.5, 0.6) is 0 Å². The third-order valence-corrected chi connectivity index (χ3v) is 5.61. The molecule has 29 heavy (non-hydrogen) atoms. The zero-order valence-electron chi connectivity index (χ0n) is 16.3. The van der Waals surface area contributed by atoms with Crippen LogP contribution in [-0.2, 0) is 6.54 Å². The Bertz CT molecular complexity index is 1280. The van der Waals surface area contributed by atoms with E-state index in [4.69, 9.17) is 4.98 Å². The van der Waals surface area contributed by atoms with Gasteiger partial charge < -0.3 is 9.47 Å². The molecule has 0 unspecified atom stereocenters. The number of hydrogen-bond donors (Lipinski definition) is 0. The number of aryl methyl sites for hydroxylation is 1. The van der Waals surface area contributed by atoms with Crippen LogP contribution in [0.3, 0.4) is 0 Å². The van der Waals surface area contributed by atoms with Gasteiger partial charge in [0.1, 0.15) is 17.0 Å². The summed E-state index contributed by atoms with van der Waals surface area (Å²) in [5.74, 6) is -0.0268. The van der Waals surface area contributed by atoms with Crippen molar-refractivity contribution in [2.45, 2.75) is 26.3 Å². The molecule has 6 nitrogen and oxygen atoms in total. The molecule has 0 aliphatic carbocycles. The van der Waals surface area contributed by atoms with E-state index >= 15 is 0 Å². The summed E-state index contributed by atoms with van der Waals surface area (Å²) in [6.07, 6.45) is 3.84. The van der Waals surface area contributed by atoms with E-state index < -0.39 is 0 Å². The highest BCUT2D eigenvalue weighted by Crippen LogP contribution is 2.22. The summed E-state index contributed by atoms with van der Waals surface area (Å²) in [6.45, 7) is 3.96. The monoisotopic (exact) mass is 386 g/mol. The summed E-state index contributed by atoms with van der Waals surface area (Å²) < 4.78 is 3.46. The molecule has 0 saturated carbocycles. The van der Waals surface area contributed by atoms with Crippen molar-refractivity contribution < 1.29 is 4.79 Å². The first-order valence-corrected chi connectivity index (χ1v) is 9.97. The van der Waals surface area contributed by atoms with Crippen LogP contribution in [0.15, 0.2) is 59.5 Å². The van der Waals surface area contributed by atoms with Crippen molar-refractivity contribution >= 4 is 22.6 Å². The number of amides is 1. The maximum Gasteiger partial charge on any atom is 0.270 e. The van der Waals surface area contributed by atoms with Crippen LogP contribution < -0.4 is 5.56 Å². The third kappa shape index (κ3) is 3.01. The first-order valence-electron chi connectivity index (χ1n) is 9.97. The lowest BCUT2D eigenvalue weighted by atomic mass is 10.2. The number of aromatic nitrogens is 3. The van der Waals surface area contributed by atoms with Crippen LogP contribution in [0.25, 0.3) is 16.7 Å². The molecule has 1 saturated heterocycles. The Kier molecular flexibility index (Phi) is 4.19. The van der Waals surface area contributed by atoms with E-state index in [1.54, 1.807) is 16.7 Å². The predicted molar refractivity (Wildman–Crippen MR) is 112 cm³/mol. The Morgan fingerprint density at radius 2 is 1.83 bits per heavy atom. The Balaban J connectivity index is 1.76. The lowest BCUT2D eigenvalue weighted by Crippen LogP contribution is -2.29. The fourth-order valence-corrected chi connectivity index (χ4v) is 4.09. The fourth-order valence-electron chi connectivity index (χ4n) is 4.09. The molecule has 1 aromatic carbocycles.